The first-order valence-corrected chi connectivity index (χ1v) is 6.74. The Morgan fingerprint density at radius 3 is 3.11 bits per heavy atom. The van der Waals surface area contributed by atoms with Gasteiger partial charge in [-0.15, -0.1) is 0 Å². The average molecular weight is 241 g/mol. The number of nitrogens with one attached hydrogen (secondary N) is 1. The quantitative estimate of drug-likeness (QED) is 0.864. The predicted molar refractivity (Wildman–Crippen MR) is 72.4 cm³/mol. The molecule has 3 rings (SSSR count). The summed E-state index contributed by atoms with van der Waals surface area (Å²) >= 11 is 0. The smallest absolute Gasteiger partial charge is 0.142 e. The summed E-state index contributed by atoms with van der Waals surface area (Å²) in [4.78, 5) is 2.46. The summed E-state index contributed by atoms with van der Waals surface area (Å²) in [5.74, 6) is 0. The Kier molecular flexibility index (Phi) is 2.76. The number of benzene rings is 1. The Bertz CT molecular complexity index is 491. The molecule has 1 aromatic rings. The summed E-state index contributed by atoms with van der Waals surface area (Å²) in [6, 6.07) is 11.3. The number of anilines is 1. The summed E-state index contributed by atoms with van der Waals surface area (Å²) in [5.41, 5.74) is 1.92. The second kappa shape index (κ2) is 4.29. The van der Waals surface area contributed by atoms with Crippen LogP contribution in [0.15, 0.2) is 24.3 Å². The van der Waals surface area contributed by atoms with Crippen molar-refractivity contribution in [3.63, 3.8) is 0 Å². The minimum Gasteiger partial charge on any atom is -0.366 e. The van der Waals surface area contributed by atoms with Crippen molar-refractivity contribution in [3.8, 4) is 6.07 Å². The highest BCUT2D eigenvalue weighted by Gasteiger charge is 2.49. The summed E-state index contributed by atoms with van der Waals surface area (Å²) < 4.78 is 0. The largest absolute Gasteiger partial charge is 0.366 e. The van der Waals surface area contributed by atoms with Crippen LogP contribution in [0.2, 0.25) is 0 Å². The average Bonchev–Trinajstić information content (AvgIpc) is 2.93. The van der Waals surface area contributed by atoms with E-state index in [0.717, 1.165) is 31.6 Å². The lowest BCUT2D eigenvalue weighted by molar-refractivity contribution is 0.301. The Balaban J connectivity index is 1.87. The molecule has 3 heteroatoms. The van der Waals surface area contributed by atoms with E-state index in [4.69, 9.17) is 0 Å². The standard InChI is InChI=1S/C15H19N3/c1-12-4-2-5-13(10-12)17-15(11-16)7-9-18-8-3-6-14(15)18/h2,4-5,10,14,17H,3,6-9H2,1H3. The highest BCUT2D eigenvalue weighted by molar-refractivity contribution is 5.51. The molecule has 1 N–H and O–H groups in total. The molecular formula is C15H19N3. The number of nitriles is 1. The van der Waals surface area contributed by atoms with Crippen LogP contribution in [0.5, 0.6) is 0 Å². The van der Waals surface area contributed by atoms with Gasteiger partial charge in [-0.1, -0.05) is 12.1 Å². The van der Waals surface area contributed by atoms with Crippen molar-refractivity contribution in [1.82, 2.24) is 4.90 Å². The first kappa shape index (κ1) is 11.6. The Labute approximate surface area is 108 Å². The van der Waals surface area contributed by atoms with Gasteiger partial charge in [0.05, 0.1) is 6.07 Å². The molecule has 18 heavy (non-hydrogen) atoms. The summed E-state index contributed by atoms with van der Waals surface area (Å²) in [6.07, 6.45) is 3.30. The lowest BCUT2D eigenvalue weighted by Gasteiger charge is -2.30. The summed E-state index contributed by atoms with van der Waals surface area (Å²) in [7, 11) is 0. The van der Waals surface area contributed by atoms with Crippen LogP contribution < -0.4 is 5.32 Å². The minimum absolute atomic E-state index is 0.385. The molecule has 2 unspecified atom stereocenters. The molecule has 2 aliphatic rings. The topological polar surface area (TPSA) is 39.1 Å². The number of hydrogen-bond donors (Lipinski definition) is 1. The molecule has 2 atom stereocenters. The van der Waals surface area contributed by atoms with Crippen LogP contribution >= 0.6 is 0 Å². The number of aryl methyl sites for hydroxylation is 1. The number of hydrogen-bond acceptors (Lipinski definition) is 3. The summed E-state index contributed by atoms with van der Waals surface area (Å²) in [5, 5.41) is 13.2. The van der Waals surface area contributed by atoms with E-state index in [9.17, 15) is 5.26 Å². The molecule has 2 saturated heterocycles. The maximum Gasteiger partial charge on any atom is 0.142 e. The lowest BCUT2D eigenvalue weighted by atomic mass is 9.89. The van der Waals surface area contributed by atoms with Crippen molar-refractivity contribution in [1.29, 1.82) is 5.26 Å². The maximum atomic E-state index is 9.66. The van der Waals surface area contributed by atoms with E-state index in [2.05, 4.69) is 41.4 Å². The van der Waals surface area contributed by atoms with E-state index in [1.807, 2.05) is 6.07 Å². The van der Waals surface area contributed by atoms with Crippen molar-refractivity contribution >= 4 is 5.69 Å². The summed E-state index contributed by atoms with van der Waals surface area (Å²) in [6.45, 7) is 4.29. The van der Waals surface area contributed by atoms with Gasteiger partial charge < -0.3 is 5.32 Å². The van der Waals surface area contributed by atoms with E-state index >= 15 is 0 Å². The third-order valence-electron chi connectivity index (χ3n) is 4.31. The Hall–Kier alpha value is -1.53. The number of nitrogens with zero attached hydrogens (tertiary/aromatic N) is 2. The van der Waals surface area contributed by atoms with Gasteiger partial charge in [0.1, 0.15) is 5.54 Å². The van der Waals surface area contributed by atoms with Crippen molar-refractivity contribution in [2.45, 2.75) is 37.8 Å². The highest BCUT2D eigenvalue weighted by atomic mass is 15.3. The lowest BCUT2D eigenvalue weighted by Crippen LogP contribution is -2.46. The molecule has 0 bridgehead atoms. The predicted octanol–water partition coefficient (Wildman–Crippen LogP) is 2.54. The van der Waals surface area contributed by atoms with Gasteiger partial charge in [-0.2, -0.15) is 5.26 Å². The highest BCUT2D eigenvalue weighted by Crippen LogP contribution is 2.38. The van der Waals surface area contributed by atoms with Gasteiger partial charge in [0.25, 0.3) is 0 Å². The molecule has 0 aromatic heterocycles. The van der Waals surface area contributed by atoms with Crippen molar-refractivity contribution in [2.75, 3.05) is 18.4 Å². The third kappa shape index (κ3) is 1.77. The van der Waals surface area contributed by atoms with Gasteiger partial charge >= 0.3 is 0 Å². The monoisotopic (exact) mass is 241 g/mol. The van der Waals surface area contributed by atoms with Crippen LogP contribution in [-0.2, 0) is 0 Å². The van der Waals surface area contributed by atoms with E-state index in [1.165, 1.54) is 12.0 Å². The molecule has 1 aromatic carbocycles. The van der Waals surface area contributed by atoms with Crippen LogP contribution in [0, 0.1) is 18.3 Å². The molecule has 0 aliphatic carbocycles. The van der Waals surface area contributed by atoms with Crippen LogP contribution in [0.25, 0.3) is 0 Å². The van der Waals surface area contributed by atoms with Crippen molar-refractivity contribution in [2.24, 2.45) is 0 Å². The van der Waals surface area contributed by atoms with Gasteiger partial charge in [0, 0.05) is 18.3 Å². The zero-order valence-electron chi connectivity index (χ0n) is 10.8. The first-order chi connectivity index (χ1) is 8.73. The van der Waals surface area contributed by atoms with E-state index in [-0.39, 0.29) is 5.54 Å². The van der Waals surface area contributed by atoms with Crippen LogP contribution in [-0.4, -0.2) is 29.6 Å². The van der Waals surface area contributed by atoms with Gasteiger partial charge in [-0.05, 0) is 50.4 Å². The van der Waals surface area contributed by atoms with E-state index in [1.54, 1.807) is 0 Å². The van der Waals surface area contributed by atoms with E-state index in [0.29, 0.717) is 6.04 Å². The van der Waals surface area contributed by atoms with Gasteiger partial charge in [0.15, 0.2) is 0 Å². The Morgan fingerprint density at radius 1 is 1.44 bits per heavy atom. The molecule has 0 saturated carbocycles. The first-order valence-electron chi connectivity index (χ1n) is 6.74. The third-order valence-corrected chi connectivity index (χ3v) is 4.31. The zero-order valence-corrected chi connectivity index (χ0v) is 10.8. The van der Waals surface area contributed by atoms with Gasteiger partial charge in [-0.3, -0.25) is 4.90 Å². The number of rotatable bonds is 2. The molecule has 2 fully saturated rings. The van der Waals surface area contributed by atoms with Crippen molar-refractivity contribution in [3.05, 3.63) is 29.8 Å². The molecule has 2 heterocycles. The minimum atomic E-state index is -0.385. The van der Waals surface area contributed by atoms with Gasteiger partial charge in [-0.25, -0.2) is 0 Å². The molecule has 3 nitrogen and oxygen atoms in total. The van der Waals surface area contributed by atoms with Crippen LogP contribution in [0.4, 0.5) is 5.69 Å². The van der Waals surface area contributed by atoms with E-state index < -0.39 is 0 Å². The maximum absolute atomic E-state index is 9.66. The fraction of sp³-hybridized carbons (Fsp3) is 0.533. The molecule has 0 spiro atoms. The molecule has 2 aliphatic heterocycles. The normalized spacial score (nSPS) is 31.0. The van der Waals surface area contributed by atoms with Crippen LogP contribution in [0.3, 0.4) is 0 Å². The fourth-order valence-corrected chi connectivity index (χ4v) is 3.42. The second-order valence-corrected chi connectivity index (χ2v) is 5.52. The molecule has 94 valence electrons. The molecule has 0 amide bonds. The van der Waals surface area contributed by atoms with Gasteiger partial charge in [0.2, 0.25) is 0 Å². The fourth-order valence-electron chi connectivity index (χ4n) is 3.42. The molecule has 0 radical (unpaired) electrons. The number of fused-ring (bicyclic) bond motifs is 1. The van der Waals surface area contributed by atoms with Crippen LogP contribution in [0.1, 0.15) is 24.8 Å². The second-order valence-electron chi connectivity index (χ2n) is 5.52. The zero-order chi connectivity index (χ0) is 12.6. The Morgan fingerprint density at radius 2 is 2.33 bits per heavy atom. The van der Waals surface area contributed by atoms with Crippen molar-refractivity contribution < 1.29 is 0 Å². The SMILES string of the molecule is Cc1cccc(NC2(C#N)CCN3CCCC32)c1. The molecular weight excluding hydrogens is 222 g/mol.